The third-order valence-corrected chi connectivity index (χ3v) is 3.01. The Morgan fingerprint density at radius 3 is 2.60 bits per heavy atom. The molecule has 0 heterocycles. The predicted octanol–water partition coefficient (Wildman–Crippen LogP) is 3.72. The van der Waals surface area contributed by atoms with Gasteiger partial charge in [-0.25, -0.2) is 9.18 Å². The van der Waals surface area contributed by atoms with E-state index in [1.54, 1.807) is 0 Å². The maximum absolute atomic E-state index is 13.2. The molecular formula is C16H15FO3. The van der Waals surface area contributed by atoms with E-state index in [-0.39, 0.29) is 12.2 Å². The van der Waals surface area contributed by atoms with Crippen molar-refractivity contribution in [1.82, 2.24) is 0 Å². The third kappa shape index (κ3) is 3.15. The van der Waals surface area contributed by atoms with E-state index in [0.717, 1.165) is 17.2 Å². The highest BCUT2D eigenvalue weighted by Gasteiger charge is 2.12. The molecule has 104 valence electrons. The van der Waals surface area contributed by atoms with Gasteiger partial charge in [-0.1, -0.05) is 17.7 Å². The second kappa shape index (κ2) is 5.74. The molecule has 0 saturated carbocycles. The van der Waals surface area contributed by atoms with E-state index in [0.29, 0.717) is 11.3 Å². The van der Waals surface area contributed by atoms with E-state index in [4.69, 9.17) is 9.84 Å². The van der Waals surface area contributed by atoms with Crippen LogP contribution in [0.25, 0.3) is 0 Å². The molecule has 0 amide bonds. The Morgan fingerprint density at radius 1 is 1.20 bits per heavy atom. The number of rotatable bonds is 4. The number of hydrogen-bond donors (Lipinski definition) is 1. The molecule has 0 aliphatic rings. The molecule has 0 fully saturated rings. The zero-order valence-corrected chi connectivity index (χ0v) is 11.3. The number of hydrogen-bond acceptors (Lipinski definition) is 2. The molecule has 0 saturated heterocycles. The molecule has 0 radical (unpaired) electrons. The zero-order valence-electron chi connectivity index (χ0n) is 11.3. The van der Waals surface area contributed by atoms with Crippen molar-refractivity contribution >= 4 is 5.97 Å². The molecule has 1 N–H and O–H groups in total. The van der Waals surface area contributed by atoms with Gasteiger partial charge < -0.3 is 9.84 Å². The average Bonchev–Trinajstić information content (AvgIpc) is 2.37. The van der Waals surface area contributed by atoms with Gasteiger partial charge in [0, 0.05) is 5.56 Å². The van der Waals surface area contributed by atoms with Gasteiger partial charge in [0.2, 0.25) is 0 Å². The number of benzene rings is 2. The summed E-state index contributed by atoms with van der Waals surface area (Å²) in [6, 6.07) is 9.27. The maximum Gasteiger partial charge on any atom is 0.336 e. The van der Waals surface area contributed by atoms with Gasteiger partial charge in [0.1, 0.15) is 18.2 Å². The summed E-state index contributed by atoms with van der Waals surface area (Å²) in [5.41, 5.74) is 2.44. The number of aryl methyl sites for hydroxylation is 2. The van der Waals surface area contributed by atoms with Crippen LogP contribution < -0.4 is 4.74 Å². The second-order valence-electron chi connectivity index (χ2n) is 4.66. The van der Waals surface area contributed by atoms with Crippen molar-refractivity contribution < 1.29 is 19.0 Å². The van der Waals surface area contributed by atoms with Crippen LogP contribution in [0, 0.1) is 19.7 Å². The van der Waals surface area contributed by atoms with Gasteiger partial charge in [-0.3, -0.25) is 0 Å². The molecule has 3 nitrogen and oxygen atoms in total. The van der Waals surface area contributed by atoms with Crippen LogP contribution in [-0.2, 0) is 6.61 Å². The minimum atomic E-state index is -1.09. The molecule has 0 atom stereocenters. The topological polar surface area (TPSA) is 46.5 Å². The fourth-order valence-electron chi connectivity index (χ4n) is 2.01. The summed E-state index contributed by atoms with van der Waals surface area (Å²) in [6.07, 6.45) is 0. The Hall–Kier alpha value is -2.36. The zero-order chi connectivity index (χ0) is 14.7. The van der Waals surface area contributed by atoms with E-state index in [9.17, 15) is 9.18 Å². The number of halogens is 1. The van der Waals surface area contributed by atoms with E-state index >= 15 is 0 Å². The average molecular weight is 274 g/mol. The van der Waals surface area contributed by atoms with Gasteiger partial charge in [0.15, 0.2) is 0 Å². The van der Waals surface area contributed by atoms with Gasteiger partial charge in [0.05, 0.1) is 5.56 Å². The van der Waals surface area contributed by atoms with Crippen LogP contribution in [0.4, 0.5) is 4.39 Å². The highest BCUT2D eigenvalue weighted by molar-refractivity contribution is 5.89. The lowest BCUT2D eigenvalue weighted by molar-refractivity contribution is 0.0694. The van der Waals surface area contributed by atoms with Gasteiger partial charge in [0.25, 0.3) is 0 Å². The van der Waals surface area contributed by atoms with E-state index in [2.05, 4.69) is 0 Å². The largest absolute Gasteiger partial charge is 0.489 e. The van der Waals surface area contributed by atoms with Crippen LogP contribution in [0.2, 0.25) is 0 Å². The molecule has 4 heteroatoms. The van der Waals surface area contributed by atoms with Gasteiger partial charge in [-0.2, -0.15) is 0 Å². The maximum atomic E-state index is 13.2. The van der Waals surface area contributed by atoms with Crippen molar-refractivity contribution in [2.24, 2.45) is 0 Å². The number of carbonyl (C=O) groups is 1. The number of ether oxygens (including phenoxy) is 1. The van der Waals surface area contributed by atoms with Crippen molar-refractivity contribution in [3.05, 3.63) is 64.5 Å². The lowest BCUT2D eigenvalue weighted by atomic mass is 10.1. The minimum Gasteiger partial charge on any atom is -0.489 e. The molecule has 0 aliphatic carbocycles. The van der Waals surface area contributed by atoms with Crippen molar-refractivity contribution in [3.8, 4) is 5.75 Å². The van der Waals surface area contributed by atoms with E-state index < -0.39 is 11.8 Å². The van der Waals surface area contributed by atoms with Crippen molar-refractivity contribution in [2.45, 2.75) is 20.5 Å². The lowest BCUT2D eigenvalue weighted by Crippen LogP contribution is -2.06. The van der Waals surface area contributed by atoms with Gasteiger partial charge in [-0.15, -0.1) is 0 Å². The number of carboxylic acids is 1. The summed E-state index contributed by atoms with van der Waals surface area (Å²) >= 11 is 0. The second-order valence-corrected chi connectivity index (χ2v) is 4.66. The van der Waals surface area contributed by atoms with Crippen molar-refractivity contribution in [3.63, 3.8) is 0 Å². The van der Waals surface area contributed by atoms with Crippen LogP contribution in [0.1, 0.15) is 27.0 Å². The van der Waals surface area contributed by atoms with Gasteiger partial charge in [-0.05, 0) is 43.7 Å². The molecule has 0 unspecified atom stereocenters. The van der Waals surface area contributed by atoms with Crippen molar-refractivity contribution in [2.75, 3.05) is 0 Å². The standard InChI is InChI=1S/C16H15FO3/c1-10-3-6-15(11(2)7-10)20-9-12-8-13(17)4-5-14(12)16(18)19/h3-8H,9H2,1-2H3,(H,18,19). The molecular weight excluding hydrogens is 259 g/mol. The first-order chi connectivity index (χ1) is 9.47. The summed E-state index contributed by atoms with van der Waals surface area (Å²) in [5, 5.41) is 9.07. The van der Waals surface area contributed by atoms with Crippen molar-refractivity contribution in [1.29, 1.82) is 0 Å². The highest BCUT2D eigenvalue weighted by atomic mass is 19.1. The van der Waals surface area contributed by atoms with E-state index in [1.165, 1.54) is 12.1 Å². The fourth-order valence-corrected chi connectivity index (χ4v) is 2.01. The van der Waals surface area contributed by atoms with Crippen LogP contribution in [0.5, 0.6) is 5.75 Å². The quantitative estimate of drug-likeness (QED) is 0.924. The van der Waals surface area contributed by atoms with E-state index in [1.807, 2.05) is 32.0 Å². The Kier molecular flexibility index (Phi) is 4.03. The highest BCUT2D eigenvalue weighted by Crippen LogP contribution is 2.21. The molecule has 2 aromatic rings. The van der Waals surface area contributed by atoms with Crippen LogP contribution >= 0.6 is 0 Å². The first-order valence-electron chi connectivity index (χ1n) is 6.19. The van der Waals surface area contributed by atoms with Crippen LogP contribution in [0.15, 0.2) is 36.4 Å². The summed E-state index contributed by atoms with van der Waals surface area (Å²) < 4.78 is 18.8. The molecule has 20 heavy (non-hydrogen) atoms. The first kappa shape index (κ1) is 14.1. The smallest absolute Gasteiger partial charge is 0.336 e. The number of carboxylic acid groups (broad SMARTS) is 1. The SMILES string of the molecule is Cc1ccc(OCc2cc(F)ccc2C(=O)O)c(C)c1. The summed E-state index contributed by atoms with van der Waals surface area (Å²) in [5.74, 6) is -0.908. The Morgan fingerprint density at radius 2 is 1.95 bits per heavy atom. The fraction of sp³-hybridized carbons (Fsp3) is 0.188. The molecule has 0 bridgehead atoms. The minimum absolute atomic E-state index is 0.0172. The molecule has 0 spiro atoms. The van der Waals surface area contributed by atoms with Crippen LogP contribution in [0.3, 0.4) is 0 Å². The summed E-state index contributed by atoms with van der Waals surface area (Å²) in [7, 11) is 0. The molecule has 0 aliphatic heterocycles. The molecule has 2 aromatic carbocycles. The Bertz CT molecular complexity index is 650. The normalized spacial score (nSPS) is 10.3. The molecule has 0 aromatic heterocycles. The molecule has 2 rings (SSSR count). The van der Waals surface area contributed by atoms with Gasteiger partial charge >= 0.3 is 5.97 Å². The third-order valence-electron chi connectivity index (χ3n) is 3.01. The monoisotopic (exact) mass is 274 g/mol. The Balaban J connectivity index is 2.22. The summed E-state index contributed by atoms with van der Waals surface area (Å²) in [6.45, 7) is 3.90. The predicted molar refractivity (Wildman–Crippen MR) is 73.6 cm³/mol. The lowest BCUT2D eigenvalue weighted by Gasteiger charge is -2.11. The van der Waals surface area contributed by atoms with Crippen LogP contribution in [-0.4, -0.2) is 11.1 Å². The Labute approximate surface area is 116 Å². The summed E-state index contributed by atoms with van der Waals surface area (Å²) in [4.78, 5) is 11.1. The first-order valence-corrected chi connectivity index (χ1v) is 6.19. The number of aromatic carboxylic acids is 1.